The highest BCUT2D eigenvalue weighted by Crippen LogP contribution is 2.40. The smallest absolute Gasteiger partial charge is 0.0528 e. The van der Waals surface area contributed by atoms with Gasteiger partial charge in [0.1, 0.15) is 0 Å². The van der Waals surface area contributed by atoms with Crippen molar-refractivity contribution in [3.05, 3.63) is 47.5 Å². The molecule has 0 amide bonds. The van der Waals surface area contributed by atoms with Crippen LogP contribution in [0.15, 0.2) is 36.4 Å². The average molecular weight is 216 g/mol. The lowest BCUT2D eigenvalue weighted by molar-refractivity contribution is 0.164. The van der Waals surface area contributed by atoms with E-state index in [0.29, 0.717) is 0 Å². The van der Waals surface area contributed by atoms with E-state index in [1.165, 1.54) is 16.7 Å². The molecule has 1 fully saturated rings. The van der Waals surface area contributed by atoms with Crippen molar-refractivity contribution in [3.63, 3.8) is 0 Å². The van der Waals surface area contributed by atoms with Gasteiger partial charge in [-0.15, -0.1) is 0 Å². The van der Waals surface area contributed by atoms with Crippen LogP contribution in [0.5, 0.6) is 0 Å². The maximum Gasteiger partial charge on any atom is 0.0528 e. The summed E-state index contributed by atoms with van der Waals surface area (Å²) in [5.74, 6) is 0. The molecule has 2 rings (SSSR count). The number of benzene rings is 1. The summed E-state index contributed by atoms with van der Waals surface area (Å²) < 4.78 is 0. The fraction of sp³-hybridized carbons (Fsp3) is 0.467. The molecule has 1 aromatic rings. The van der Waals surface area contributed by atoms with Crippen LogP contribution in [0.1, 0.15) is 36.8 Å². The predicted octanol–water partition coefficient (Wildman–Crippen LogP) is 3.36. The minimum Gasteiger partial charge on any atom is -0.395 e. The van der Waals surface area contributed by atoms with Crippen molar-refractivity contribution in [2.45, 2.75) is 38.0 Å². The number of aliphatic hydroxyl groups excluding tert-OH is 1. The number of aliphatic hydroxyl groups is 1. The minimum atomic E-state index is -0.0206. The molecule has 1 heteroatoms. The van der Waals surface area contributed by atoms with Gasteiger partial charge in [-0.1, -0.05) is 42.0 Å². The molecule has 1 aliphatic rings. The molecule has 0 heterocycles. The lowest BCUT2D eigenvalue weighted by Crippen LogP contribution is -2.33. The molecule has 1 nitrogen and oxygen atoms in total. The van der Waals surface area contributed by atoms with Gasteiger partial charge in [-0.05, 0) is 38.2 Å². The van der Waals surface area contributed by atoms with Crippen LogP contribution in [0.4, 0.5) is 0 Å². The Balaban J connectivity index is 2.31. The van der Waals surface area contributed by atoms with Gasteiger partial charge in [-0.2, -0.15) is 0 Å². The van der Waals surface area contributed by atoms with Crippen LogP contribution in [0.2, 0.25) is 0 Å². The molecule has 1 aliphatic carbocycles. The highest BCUT2D eigenvalue weighted by atomic mass is 16.3. The van der Waals surface area contributed by atoms with E-state index >= 15 is 0 Å². The van der Waals surface area contributed by atoms with Gasteiger partial charge in [-0.3, -0.25) is 0 Å². The fourth-order valence-corrected chi connectivity index (χ4v) is 2.60. The molecule has 0 aliphatic heterocycles. The topological polar surface area (TPSA) is 20.2 Å². The van der Waals surface area contributed by atoms with E-state index in [0.717, 1.165) is 25.7 Å². The molecule has 0 aromatic heterocycles. The SMILES string of the molecule is C=C1CCC(CO)(c2cccc(C)c2)CC1. The van der Waals surface area contributed by atoms with Gasteiger partial charge in [0.2, 0.25) is 0 Å². The Bertz CT molecular complexity index is 382. The third-order valence-electron chi connectivity index (χ3n) is 3.85. The molecule has 0 spiro atoms. The van der Waals surface area contributed by atoms with Gasteiger partial charge in [0.25, 0.3) is 0 Å². The zero-order valence-corrected chi connectivity index (χ0v) is 10.00. The van der Waals surface area contributed by atoms with Gasteiger partial charge >= 0.3 is 0 Å². The average Bonchev–Trinajstić information content (AvgIpc) is 2.31. The lowest BCUT2D eigenvalue weighted by atomic mass is 9.69. The van der Waals surface area contributed by atoms with Crippen LogP contribution in [0.3, 0.4) is 0 Å². The van der Waals surface area contributed by atoms with E-state index in [2.05, 4.69) is 37.8 Å². The van der Waals surface area contributed by atoms with Crippen molar-refractivity contribution in [1.29, 1.82) is 0 Å². The molecule has 1 saturated carbocycles. The molecular formula is C15H20O. The van der Waals surface area contributed by atoms with E-state index in [9.17, 15) is 5.11 Å². The molecule has 1 aromatic carbocycles. The first-order chi connectivity index (χ1) is 7.66. The normalized spacial score (nSPS) is 19.8. The van der Waals surface area contributed by atoms with E-state index in [1.54, 1.807) is 0 Å². The van der Waals surface area contributed by atoms with Crippen LogP contribution in [-0.2, 0) is 5.41 Å². The molecular weight excluding hydrogens is 196 g/mol. The Morgan fingerprint density at radius 3 is 2.56 bits per heavy atom. The van der Waals surface area contributed by atoms with Gasteiger partial charge in [0.05, 0.1) is 6.61 Å². The molecule has 1 N–H and O–H groups in total. The molecule has 0 atom stereocenters. The second kappa shape index (κ2) is 4.42. The number of allylic oxidation sites excluding steroid dienone is 1. The Kier molecular flexibility index (Phi) is 3.15. The highest BCUT2D eigenvalue weighted by molar-refractivity contribution is 5.31. The molecule has 0 radical (unpaired) electrons. The quantitative estimate of drug-likeness (QED) is 0.752. The summed E-state index contributed by atoms with van der Waals surface area (Å²) in [5, 5.41) is 9.74. The maximum atomic E-state index is 9.74. The van der Waals surface area contributed by atoms with Crippen LogP contribution in [0, 0.1) is 6.92 Å². The second-order valence-electron chi connectivity index (χ2n) is 5.06. The van der Waals surface area contributed by atoms with Gasteiger partial charge in [0.15, 0.2) is 0 Å². The Hall–Kier alpha value is -1.08. The third-order valence-corrected chi connectivity index (χ3v) is 3.85. The minimum absolute atomic E-state index is 0.0206. The summed E-state index contributed by atoms with van der Waals surface area (Å²) in [6.45, 7) is 6.40. The predicted molar refractivity (Wildman–Crippen MR) is 67.6 cm³/mol. The monoisotopic (exact) mass is 216 g/mol. The van der Waals surface area contributed by atoms with Gasteiger partial charge < -0.3 is 5.11 Å². The summed E-state index contributed by atoms with van der Waals surface area (Å²) in [6, 6.07) is 8.56. The molecule has 0 bridgehead atoms. The Morgan fingerprint density at radius 1 is 1.31 bits per heavy atom. The van der Waals surface area contributed by atoms with Crippen LogP contribution >= 0.6 is 0 Å². The molecule has 86 valence electrons. The van der Waals surface area contributed by atoms with E-state index in [1.807, 2.05) is 0 Å². The van der Waals surface area contributed by atoms with E-state index in [-0.39, 0.29) is 12.0 Å². The largest absolute Gasteiger partial charge is 0.395 e. The second-order valence-corrected chi connectivity index (χ2v) is 5.06. The summed E-state index contributed by atoms with van der Waals surface area (Å²) >= 11 is 0. The van der Waals surface area contributed by atoms with Crippen molar-refractivity contribution in [1.82, 2.24) is 0 Å². The number of aryl methyl sites for hydroxylation is 1. The van der Waals surface area contributed by atoms with Crippen molar-refractivity contribution >= 4 is 0 Å². The summed E-state index contributed by atoms with van der Waals surface area (Å²) in [5.41, 5.74) is 3.88. The van der Waals surface area contributed by atoms with E-state index < -0.39 is 0 Å². The Labute approximate surface area is 97.8 Å². The van der Waals surface area contributed by atoms with Crippen LogP contribution in [0.25, 0.3) is 0 Å². The molecule has 0 saturated heterocycles. The van der Waals surface area contributed by atoms with Gasteiger partial charge in [0, 0.05) is 5.41 Å². The summed E-state index contributed by atoms with van der Waals surface area (Å²) in [4.78, 5) is 0. The maximum absolute atomic E-state index is 9.74. The number of hydrogen-bond donors (Lipinski definition) is 1. The van der Waals surface area contributed by atoms with Crippen molar-refractivity contribution in [2.24, 2.45) is 0 Å². The first-order valence-corrected chi connectivity index (χ1v) is 6.01. The first-order valence-electron chi connectivity index (χ1n) is 6.01. The van der Waals surface area contributed by atoms with Crippen molar-refractivity contribution in [2.75, 3.05) is 6.61 Å². The third kappa shape index (κ3) is 2.05. The zero-order chi connectivity index (χ0) is 11.6. The van der Waals surface area contributed by atoms with Crippen LogP contribution < -0.4 is 0 Å². The first kappa shape index (κ1) is 11.4. The van der Waals surface area contributed by atoms with Crippen molar-refractivity contribution in [3.8, 4) is 0 Å². The van der Waals surface area contributed by atoms with Crippen LogP contribution in [-0.4, -0.2) is 11.7 Å². The molecule has 0 unspecified atom stereocenters. The summed E-state index contributed by atoms with van der Waals surface area (Å²) in [6.07, 6.45) is 4.17. The fourth-order valence-electron chi connectivity index (χ4n) is 2.60. The highest BCUT2D eigenvalue weighted by Gasteiger charge is 2.34. The standard InChI is InChI=1S/C15H20O/c1-12-6-8-15(11-16,9-7-12)14-5-3-4-13(2)10-14/h3-5,10,16H,1,6-9,11H2,2H3. The summed E-state index contributed by atoms with van der Waals surface area (Å²) in [7, 11) is 0. The Morgan fingerprint density at radius 2 is 2.00 bits per heavy atom. The number of rotatable bonds is 2. The van der Waals surface area contributed by atoms with Gasteiger partial charge in [-0.25, -0.2) is 0 Å². The lowest BCUT2D eigenvalue weighted by Gasteiger charge is -2.37. The zero-order valence-electron chi connectivity index (χ0n) is 10.00. The van der Waals surface area contributed by atoms with Crippen molar-refractivity contribution < 1.29 is 5.11 Å². The number of hydrogen-bond acceptors (Lipinski definition) is 1. The van der Waals surface area contributed by atoms with E-state index in [4.69, 9.17) is 0 Å². The molecule has 16 heavy (non-hydrogen) atoms.